The molecule has 0 atom stereocenters. The molecule has 0 aliphatic heterocycles. The van der Waals surface area contributed by atoms with Crippen molar-refractivity contribution in [2.24, 2.45) is 0 Å². The van der Waals surface area contributed by atoms with E-state index in [0.717, 1.165) is 42.4 Å². The first-order valence-corrected chi connectivity index (χ1v) is 40.7. The van der Waals surface area contributed by atoms with Crippen LogP contribution in [0.5, 0.6) is 0 Å². The summed E-state index contributed by atoms with van der Waals surface area (Å²) >= 11 is 0. The van der Waals surface area contributed by atoms with Gasteiger partial charge in [0.05, 0.1) is 30.5 Å². The molecule has 0 aliphatic rings. The number of aryl methyl sites for hydroxylation is 4. The summed E-state index contributed by atoms with van der Waals surface area (Å²) in [5.41, 5.74) is 0. The zero-order valence-corrected chi connectivity index (χ0v) is 75.8. The molecular formula is C72H84Ce2N14O30P4. The number of aliphatic hydroxyl groups is 4. The molecule has 8 N–H and O–H groups in total. The van der Waals surface area contributed by atoms with Crippen LogP contribution >= 0.6 is 29.2 Å². The molecule has 12 aromatic rings. The average molecular weight is 2030 g/mol. The first-order valence-electron chi connectivity index (χ1n) is 33.8. The minimum Gasteiger partial charge on any atom is -0.397 e. The summed E-state index contributed by atoms with van der Waals surface area (Å²) < 4.78 is 74.6. The van der Waals surface area contributed by atoms with Crippen LogP contribution in [0.1, 0.15) is 50.7 Å². The predicted octanol–water partition coefficient (Wildman–Crippen LogP) is 11.9. The van der Waals surface area contributed by atoms with E-state index >= 15 is 0 Å². The Morgan fingerprint density at radius 2 is 0.344 bits per heavy atom. The molecule has 2 radical (unpaired) electrons. The molecule has 0 bridgehead atoms. The standard InChI is InChI=1S/4C16H15N2O2P.4C2H6O.2Ce.6NO3/c4*1-13-12-16(17-20-13)18-21(19,14-8-4-2-5-9-14)15-10-6-3-7-11-15;4*1-2-3;;;6*2-1(3)4/h4*2-12H,1H3,(H,17,18,19);4*3H,2H2,1H3;;;;;;;;/q;;;;;;;;2*+3;6*-1. The topological polar surface area (TPSA) is 699 Å². The Balaban J connectivity index is -0.000000667. The van der Waals surface area contributed by atoms with Crippen molar-refractivity contribution < 1.29 is 171 Å². The van der Waals surface area contributed by atoms with Crippen LogP contribution in [0.3, 0.4) is 0 Å². The van der Waals surface area contributed by atoms with E-state index in [0.29, 0.717) is 46.3 Å². The van der Waals surface area contributed by atoms with E-state index < -0.39 is 59.7 Å². The molecule has 122 heavy (non-hydrogen) atoms. The zero-order chi connectivity index (χ0) is 91.1. The van der Waals surface area contributed by atoms with Crippen molar-refractivity contribution in [1.82, 2.24) is 20.6 Å². The predicted molar refractivity (Wildman–Crippen MR) is 452 cm³/mol. The van der Waals surface area contributed by atoms with Gasteiger partial charge in [-0.1, -0.05) is 166 Å². The van der Waals surface area contributed by atoms with E-state index in [4.69, 9.17) is 130 Å². The Kier molecular flexibility index (Phi) is 64.4. The van der Waals surface area contributed by atoms with Gasteiger partial charge in [-0.3, -0.25) is 18.3 Å². The fraction of sp³-hybridized carbons (Fsp3) is 0.167. The number of rotatable bonds is 16. The summed E-state index contributed by atoms with van der Waals surface area (Å²) in [6.07, 6.45) is 0. The molecule has 0 saturated heterocycles. The van der Waals surface area contributed by atoms with E-state index in [-0.39, 0.29) is 110 Å². The minimum absolute atomic E-state index is 0. The van der Waals surface area contributed by atoms with E-state index in [1.54, 1.807) is 79.7 Å². The molecule has 0 saturated carbocycles. The Labute approximate surface area is 763 Å². The summed E-state index contributed by atoms with van der Waals surface area (Å²) in [7, 11) is -12.0. The second-order valence-electron chi connectivity index (χ2n) is 21.5. The van der Waals surface area contributed by atoms with Gasteiger partial charge in [0.15, 0.2) is 23.3 Å². The third-order valence-electron chi connectivity index (χ3n) is 12.6. The Bertz CT molecular complexity index is 4160. The van der Waals surface area contributed by atoms with Crippen molar-refractivity contribution in [3.05, 3.63) is 382 Å². The second kappa shape index (κ2) is 67.2. The largest absolute Gasteiger partial charge is 3.00 e. The van der Waals surface area contributed by atoms with Crippen LogP contribution < -0.4 is 62.8 Å². The van der Waals surface area contributed by atoms with Crippen LogP contribution in [0, 0.1) is 203 Å². The number of aliphatic hydroxyl groups excluding tert-OH is 4. The number of nitrogens with zero attached hydrogens (tertiary/aromatic N) is 10. The summed E-state index contributed by atoms with van der Waals surface area (Å²) in [6.45, 7) is 14.9. The molecule has 50 heteroatoms. The van der Waals surface area contributed by atoms with Crippen LogP contribution in [-0.2, 0) is 18.3 Å². The Hall–Kier alpha value is -11.5. The smallest absolute Gasteiger partial charge is 0.397 e. The van der Waals surface area contributed by atoms with Crippen molar-refractivity contribution in [2.75, 3.05) is 46.8 Å². The number of hydrogen-bond donors (Lipinski definition) is 8. The normalized spacial score (nSPS) is 9.54. The number of hydrogen-bond acceptors (Lipinski definition) is 34. The molecule has 8 aromatic carbocycles. The quantitative estimate of drug-likeness (QED) is 0.0253. The summed E-state index contributed by atoms with van der Waals surface area (Å²) in [6, 6.07) is 81.8. The fourth-order valence-corrected chi connectivity index (χ4v) is 17.2. The zero-order valence-electron chi connectivity index (χ0n) is 65.9. The Morgan fingerprint density at radius 3 is 0.418 bits per heavy atom. The molecule has 0 spiro atoms. The van der Waals surface area contributed by atoms with Gasteiger partial charge in [-0.05, 0) is 152 Å². The molecule has 4 heterocycles. The summed E-state index contributed by atoms with van der Waals surface area (Å²) in [4.78, 5) is 49.5. The van der Waals surface area contributed by atoms with Crippen molar-refractivity contribution in [3.8, 4) is 0 Å². The molecule has 12 rings (SSSR count). The van der Waals surface area contributed by atoms with Crippen LogP contribution in [0.4, 0.5) is 23.3 Å². The number of anilines is 4. The van der Waals surface area contributed by atoms with Gasteiger partial charge in [0, 0.05) is 93.1 Å². The van der Waals surface area contributed by atoms with Crippen LogP contribution in [0.2, 0.25) is 0 Å². The van der Waals surface area contributed by atoms with Gasteiger partial charge < -0.3 is 151 Å². The molecule has 0 amide bonds. The van der Waals surface area contributed by atoms with Crippen molar-refractivity contribution in [1.29, 1.82) is 0 Å². The molecule has 0 unspecified atom stereocenters. The molecule has 650 valence electrons. The van der Waals surface area contributed by atoms with Crippen molar-refractivity contribution in [2.45, 2.75) is 55.4 Å². The van der Waals surface area contributed by atoms with Crippen LogP contribution in [0.25, 0.3) is 0 Å². The van der Waals surface area contributed by atoms with E-state index in [1.807, 2.05) is 243 Å². The summed E-state index contributed by atoms with van der Waals surface area (Å²) in [5.74, 6) is 4.59. The maximum atomic E-state index is 13.6. The molecule has 44 nitrogen and oxygen atoms in total. The molecular weight excluding hydrogens is 1940 g/mol. The average Bonchev–Trinajstić information content (AvgIpc) is 1.30. The van der Waals surface area contributed by atoms with Gasteiger partial charge in [0.25, 0.3) is 0 Å². The molecule has 0 fully saturated rings. The maximum absolute atomic E-state index is 13.6. The Morgan fingerprint density at radius 1 is 0.254 bits per heavy atom. The minimum atomic E-state index is -3.01. The van der Waals surface area contributed by atoms with Crippen molar-refractivity contribution >= 4 is 94.9 Å². The van der Waals surface area contributed by atoms with E-state index in [9.17, 15) is 18.3 Å². The van der Waals surface area contributed by atoms with Gasteiger partial charge >= 0.3 is 83.5 Å². The van der Waals surface area contributed by atoms with Crippen LogP contribution in [-0.4, -0.2) is 98.0 Å². The van der Waals surface area contributed by atoms with Gasteiger partial charge in [-0.15, -0.1) is 0 Å². The van der Waals surface area contributed by atoms with Gasteiger partial charge in [0.2, 0.25) is 29.2 Å². The van der Waals surface area contributed by atoms with Crippen LogP contribution in [0.15, 0.2) is 285 Å². The number of nitrogens with one attached hydrogen (secondary N) is 4. The SMILES string of the molecule is CCO.CCO.CCO.CCO.Cc1cc(NP(=O)(c2ccccc2)c2ccccc2)no1.Cc1cc(NP(=O)(c2ccccc2)c2ccccc2)no1.Cc1cc(NP(=O)(c2ccccc2)c2ccccc2)no1.Cc1cc(NP(=O)(c2ccccc2)c2ccccc2)no1.O=[N+]([O-])[O-].O=[N+]([O-])[O-].O=[N+]([O-])[O-].O=[N+]([O-])[O-].O=[N+]([O-])[O-].O=[N+]([O-])[O-].[Ce+3].[Ce+3]. The number of aromatic nitrogens is 4. The van der Waals surface area contributed by atoms with E-state index in [2.05, 4.69) is 41.0 Å². The third-order valence-corrected chi connectivity index (χ3v) is 22.9. The van der Waals surface area contributed by atoms with Gasteiger partial charge in [-0.25, -0.2) is 0 Å². The third kappa shape index (κ3) is 51.2. The fourth-order valence-electron chi connectivity index (χ4n) is 8.54. The molecule has 4 aromatic heterocycles. The summed E-state index contributed by atoms with van der Waals surface area (Å²) in [5, 5.41) is 152. The second-order valence-corrected chi connectivity index (χ2v) is 31.4. The van der Waals surface area contributed by atoms with Crippen molar-refractivity contribution in [3.63, 3.8) is 0 Å². The maximum Gasteiger partial charge on any atom is 3.00 e. The first-order chi connectivity index (χ1) is 56.8. The van der Waals surface area contributed by atoms with E-state index in [1.165, 1.54) is 0 Å². The number of benzene rings is 8. The molecule has 0 aliphatic carbocycles. The first kappa shape index (κ1) is 117. The van der Waals surface area contributed by atoms with Gasteiger partial charge in [0.1, 0.15) is 23.0 Å². The van der Waals surface area contributed by atoms with Gasteiger partial charge in [-0.2, -0.15) is 0 Å². The monoisotopic (exact) mass is 2030 g/mol.